The van der Waals surface area contributed by atoms with Gasteiger partial charge >= 0.3 is 0 Å². The third-order valence-corrected chi connectivity index (χ3v) is 2.91. The Bertz CT molecular complexity index is 261. The molecule has 0 aromatic rings. The minimum Gasteiger partial charge on any atom is -0.394 e. The van der Waals surface area contributed by atoms with Crippen LogP contribution < -0.4 is 0 Å². The zero-order valence-corrected chi connectivity index (χ0v) is 10.1. The summed E-state index contributed by atoms with van der Waals surface area (Å²) >= 11 is 0. The van der Waals surface area contributed by atoms with E-state index in [4.69, 9.17) is 24.8 Å². The molecule has 1 aliphatic rings. The molecule has 1 fully saturated rings. The molecule has 7 N–H and O–H groups in total. The lowest BCUT2D eigenvalue weighted by Crippen LogP contribution is -2.59. The Balaban J connectivity index is 2.52. The van der Waals surface area contributed by atoms with Gasteiger partial charge in [0, 0.05) is 0 Å². The van der Waals surface area contributed by atoms with Crippen molar-refractivity contribution in [1.82, 2.24) is 0 Å². The molecule has 0 bridgehead atoms. The number of hydrogen-bond acceptors (Lipinski definition) is 9. The molecular formula is C10H20O9. The van der Waals surface area contributed by atoms with E-state index in [1.807, 2.05) is 0 Å². The van der Waals surface area contributed by atoms with Gasteiger partial charge in [0.15, 0.2) is 6.29 Å². The van der Waals surface area contributed by atoms with Crippen LogP contribution in [0.4, 0.5) is 0 Å². The average Bonchev–Trinajstić information content (AvgIpc) is 2.42. The molecule has 0 radical (unpaired) electrons. The zero-order chi connectivity index (χ0) is 14.6. The molecule has 9 nitrogen and oxygen atoms in total. The van der Waals surface area contributed by atoms with Crippen molar-refractivity contribution in [3.8, 4) is 0 Å². The maximum absolute atomic E-state index is 9.59. The van der Waals surface area contributed by atoms with Crippen LogP contribution in [0.2, 0.25) is 0 Å². The minimum atomic E-state index is -1.57. The smallest absolute Gasteiger partial charge is 0.186 e. The van der Waals surface area contributed by atoms with Crippen molar-refractivity contribution in [3.05, 3.63) is 0 Å². The van der Waals surface area contributed by atoms with Gasteiger partial charge in [-0.2, -0.15) is 0 Å². The summed E-state index contributed by atoms with van der Waals surface area (Å²) in [6.45, 7) is -1.73. The molecule has 1 heterocycles. The van der Waals surface area contributed by atoms with Crippen LogP contribution in [-0.4, -0.2) is 98.5 Å². The van der Waals surface area contributed by atoms with Gasteiger partial charge in [-0.05, 0) is 0 Å². The van der Waals surface area contributed by atoms with Crippen molar-refractivity contribution in [2.24, 2.45) is 0 Å². The first-order valence-corrected chi connectivity index (χ1v) is 5.81. The molecule has 7 atom stereocenters. The third-order valence-electron chi connectivity index (χ3n) is 2.91. The van der Waals surface area contributed by atoms with Gasteiger partial charge in [0.05, 0.1) is 19.8 Å². The standard InChI is InChI=1S/C10H20O9/c11-1-4(13)5(14)3-18-10-9(17)8(16)7(15)6(2-12)19-10/h4-17H,1-3H2/t4-,5+,6-,7-,8+,9+,10-/m0/s1. The van der Waals surface area contributed by atoms with Gasteiger partial charge in [-0.3, -0.25) is 0 Å². The summed E-state index contributed by atoms with van der Waals surface area (Å²) in [6.07, 6.45) is -9.94. The molecule has 1 rings (SSSR count). The molecule has 1 aliphatic heterocycles. The van der Waals surface area contributed by atoms with Crippen molar-refractivity contribution < 1.29 is 45.2 Å². The first kappa shape index (κ1) is 16.7. The Morgan fingerprint density at radius 3 is 2.11 bits per heavy atom. The highest BCUT2D eigenvalue weighted by molar-refractivity contribution is 4.89. The number of ether oxygens (including phenoxy) is 2. The van der Waals surface area contributed by atoms with Crippen LogP contribution in [0.15, 0.2) is 0 Å². The second-order valence-electron chi connectivity index (χ2n) is 4.35. The van der Waals surface area contributed by atoms with Gasteiger partial charge in [-0.15, -0.1) is 0 Å². The van der Waals surface area contributed by atoms with E-state index in [9.17, 15) is 20.4 Å². The summed E-state index contributed by atoms with van der Waals surface area (Å²) in [7, 11) is 0. The summed E-state index contributed by atoms with van der Waals surface area (Å²) in [4.78, 5) is 0. The fourth-order valence-electron chi connectivity index (χ4n) is 1.63. The van der Waals surface area contributed by atoms with Gasteiger partial charge in [0.1, 0.15) is 36.6 Å². The Morgan fingerprint density at radius 2 is 1.58 bits per heavy atom. The number of aliphatic hydroxyl groups is 7. The highest BCUT2D eigenvalue weighted by atomic mass is 16.7. The maximum Gasteiger partial charge on any atom is 0.186 e. The van der Waals surface area contributed by atoms with Crippen LogP contribution in [0.25, 0.3) is 0 Å². The minimum absolute atomic E-state index is 0.468. The summed E-state index contributed by atoms with van der Waals surface area (Å²) in [5, 5.41) is 64.5. The monoisotopic (exact) mass is 284 g/mol. The van der Waals surface area contributed by atoms with E-state index < -0.39 is 62.7 Å². The molecule has 0 spiro atoms. The van der Waals surface area contributed by atoms with Gasteiger partial charge < -0.3 is 45.2 Å². The largest absolute Gasteiger partial charge is 0.394 e. The molecule has 0 aromatic heterocycles. The fourth-order valence-corrected chi connectivity index (χ4v) is 1.63. The number of rotatable bonds is 6. The van der Waals surface area contributed by atoms with Gasteiger partial charge in [0.25, 0.3) is 0 Å². The molecule has 114 valence electrons. The lowest BCUT2D eigenvalue weighted by Gasteiger charge is -2.39. The quantitative estimate of drug-likeness (QED) is 0.255. The highest BCUT2D eigenvalue weighted by Crippen LogP contribution is 2.22. The van der Waals surface area contributed by atoms with Crippen LogP contribution in [0.5, 0.6) is 0 Å². The van der Waals surface area contributed by atoms with E-state index >= 15 is 0 Å². The normalized spacial score (nSPS) is 39.0. The van der Waals surface area contributed by atoms with Crippen LogP contribution in [0.3, 0.4) is 0 Å². The van der Waals surface area contributed by atoms with Gasteiger partial charge in [-0.25, -0.2) is 0 Å². The predicted octanol–water partition coefficient (Wildman–Crippen LogP) is -4.48. The summed E-state index contributed by atoms with van der Waals surface area (Å²) in [5.41, 5.74) is 0. The predicted molar refractivity (Wildman–Crippen MR) is 58.8 cm³/mol. The van der Waals surface area contributed by atoms with Crippen LogP contribution in [-0.2, 0) is 9.47 Å². The molecular weight excluding hydrogens is 264 g/mol. The second-order valence-corrected chi connectivity index (χ2v) is 4.35. The highest BCUT2D eigenvalue weighted by Gasteiger charge is 2.44. The second kappa shape index (κ2) is 7.43. The summed E-state index contributed by atoms with van der Waals surface area (Å²) in [6, 6.07) is 0. The zero-order valence-electron chi connectivity index (χ0n) is 10.1. The number of aliphatic hydroxyl groups excluding tert-OH is 7. The first-order chi connectivity index (χ1) is 8.92. The SMILES string of the molecule is OC[C@@H]1O[C@H](OC[C@@H](O)[C@@H](O)CO)[C@H](O)[C@H](O)[C@H]1O. The van der Waals surface area contributed by atoms with E-state index in [1.54, 1.807) is 0 Å². The van der Waals surface area contributed by atoms with Gasteiger partial charge in [0.2, 0.25) is 0 Å². The van der Waals surface area contributed by atoms with Crippen LogP contribution in [0.1, 0.15) is 0 Å². The first-order valence-electron chi connectivity index (χ1n) is 5.81. The lowest BCUT2D eigenvalue weighted by molar-refractivity contribution is -0.306. The van der Waals surface area contributed by atoms with E-state index in [-0.39, 0.29) is 0 Å². The Labute approximate surface area is 109 Å². The van der Waals surface area contributed by atoms with Gasteiger partial charge in [-0.1, -0.05) is 0 Å². The topological polar surface area (TPSA) is 160 Å². The maximum atomic E-state index is 9.59. The summed E-state index contributed by atoms with van der Waals surface area (Å²) in [5.74, 6) is 0. The number of hydrogen-bond donors (Lipinski definition) is 7. The Hall–Kier alpha value is -0.360. The van der Waals surface area contributed by atoms with Crippen molar-refractivity contribution in [2.45, 2.75) is 42.9 Å². The molecule has 0 aliphatic carbocycles. The van der Waals surface area contributed by atoms with Crippen molar-refractivity contribution >= 4 is 0 Å². The van der Waals surface area contributed by atoms with Crippen molar-refractivity contribution in [1.29, 1.82) is 0 Å². The molecule has 0 aromatic carbocycles. The molecule has 0 amide bonds. The molecule has 9 heteroatoms. The molecule has 0 unspecified atom stereocenters. The fraction of sp³-hybridized carbons (Fsp3) is 1.00. The van der Waals surface area contributed by atoms with Crippen molar-refractivity contribution in [3.63, 3.8) is 0 Å². The van der Waals surface area contributed by atoms with E-state index in [0.717, 1.165) is 0 Å². The Morgan fingerprint density at radius 1 is 0.947 bits per heavy atom. The van der Waals surface area contributed by atoms with E-state index in [0.29, 0.717) is 0 Å². The molecule has 0 saturated carbocycles. The Kier molecular flexibility index (Phi) is 6.53. The third kappa shape index (κ3) is 4.05. The average molecular weight is 284 g/mol. The lowest BCUT2D eigenvalue weighted by atomic mass is 9.99. The summed E-state index contributed by atoms with van der Waals surface area (Å²) < 4.78 is 9.96. The molecule has 1 saturated heterocycles. The van der Waals surface area contributed by atoms with E-state index in [2.05, 4.69) is 0 Å². The van der Waals surface area contributed by atoms with Crippen LogP contribution in [0, 0.1) is 0 Å². The van der Waals surface area contributed by atoms with Crippen LogP contribution >= 0.6 is 0 Å². The van der Waals surface area contributed by atoms with Crippen molar-refractivity contribution in [2.75, 3.05) is 19.8 Å². The molecule has 19 heavy (non-hydrogen) atoms. The van der Waals surface area contributed by atoms with E-state index in [1.165, 1.54) is 0 Å².